The number of carbonyl (C=O) groups is 2. The average Bonchev–Trinajstić information content (AvgIpc) is 2.43. The van der Waals surface area contributed by atoms with Crippen LogP contribution in [0.5, 0.6) is 5.75 Å². The molecule has 0 spiro atoms. The van der Waals surface area contributed by atoms with E-state index in [0.29, 0.717) is 23.3 Å². The van der Waals surface area contributed by atoms with Crippen LogP contribution in [0.3, 0.4) is 0 Å². The SMILES string of the molecule is C=C1Cc2cc(OC)ccc2C(C)(C(=O)OC)C1=O. The number of esters is 1. The van der Waals surface area contributed by atoms with E-state index in [9.17, 15) is 9.59 Å². The highest BCUT2D eigenvalue weighted by Crippen LogP contribution is 2.38. The van der Waals surface area contributed by atoms with Crippen molar-refractivity contribution in [2.24, 2.45) is 0 Å². The van der Waals surface area contributed by atoms with Crippen LogP contribution in [-0.4, -0.2) is 26.0 Å². The zero-order chi connectivity index (χ0) is 14.2. The van der Waals surface area contributed by atoms with Gasteiger partial charge in [0.1, 0.15) is 5.75 Å². The van der Waals surface area contributed by atoms with Crippen molar-refractivity contribution in [2.45, 2.75) is 18.8 Å². The summed E-state index contributed by atoms with van der Waals surface area (Å²) in [6, 6.07) is 5.31. The first-order valence-corrected chi connectivity index (χ1v) is 5.93. The maximum Gasteiger partial charge on any atom is 0.323 e. The van der Waals surface area contributed by atoms with E-state index in [0.717, 1.165) is 5.56 Å². The number of fused-ring (bicyclic) bond motifs is 1. The van der Waals surface area contributed by atoms with E-state index in [1.54, 1.807) is 26.2 Å². The van der Waals surface area contributed by atoms with Gasteiger partial charge in [-0.15, -0.1) is 0 Å². The first-order chi connectivity index (χ1) is 8.94. The summed E-state index contributed by atoms with van der Waals surface area (Å²) in [5, 5.41) is 0. The number of hydrogen-bond donors (Lipinski definition) is 0. The smallest absolute Gasteiger partial charge is 0.323 e. The molecule has 0 radical (unpaired) electrons. The highest BCUT2D eigenvalue weighted by atomic mass is 16.5. The van der Waals surface area contributed by atoms with E-state index in [1.807, 2.05) is 6.07 Å². The molecule has 0 aromatic heterocycles. The number of benzene rings is 1. The molecule has 1 unspecified atom stereocenters. The normalized spacial score (nSPS) is 21.8. The molecule has 4 nitrogen and oxygen atoms in total. The van der Waals surface area contributed by atoms with E-state index in [1.165, 1.54) is 7.11 Å². The van der Waals surface area contributed by atoms with Crippen molar-refractivity contribution in [1.29, 1.82) is 0 Å². The molecule has 19 heavy (non-hydrogen) atoms. The Morgan fingerprint density at radius 1 is 1.37 bits per heavy atom. The third-order valence-electron chi connectivity index (χ3n) is 3.62. The summed E-state index contributed by atoms with van der Waals surface area (Å²) in [6.45, 7) is 5.34. The number of methoxy groups -OCH3 is 2. The second kappa shape index (κ2) is 4.53. The minimum absolute atomic E-state index is 0.281. The minimum Gasteiger partial charge on any atom is -0.497 e. The van der Waals surface area contributed by atoms with Crippen LogP contribution in [0, 0.1) is 0 Å². The molecule has 1 aromatic carbocycles. The number of Topliss-reactive ketones (excluding diaryl/α,β-unsaturated/α-hetero) is 1. The molecule has 0 heterocycles. The van der Waals surface area contributed by atoms with Crippen LogP contribution in [0.1, 0.15) is 18.1 Å². The Kier molecular flexibility index (Phi) is 3.18. The quantitative estimate of drug-likeness (QED) is 0.462. The molecule has 0 fully saturated rings. The van der Waals surface area contributed by atoms with E-state index in [2.05, 4.69) is 6.58 Å². The standard InChI is InChI=1S/C15H16O4/c1-9-7-10-8-11(18-3)5-6-12(10)15(2,13(9)16)14(17)19-4/h5-6,8H,1,7H2,2-4H3. The molecule has 0 saturated heterocycles. The third-order valence-corrected chi connectivity index (χ3v) is 3.62. The van der Waals surface area contributed by atoms with Gasteiger partial charge < -0.3 is 9.47 Å². The van der Waals surface area contributed by atoms with E-state index < -0.39 is 11.4 Å². The topological polar surface area (TPSA) is 52.6 Å². The van der Waals surface area contributed by atoms with Crippen molar-refractivity contribution in [1.82, 2.24) is 0 Å². The summed E-state index contributed by atoms with van der Waals surface area (Å²) >= 11 is 0. The number of rotatable bonds is 2. The van der Waals surface area contributed by atoms with Crippen molar-refractivity contribution >= 4 is 11.8 Å². The van der Waals surface area contributed by atoms with Crippen LogP contribution in [-0.2, 0) is 26.2 Å². The van der Waals surface area contributed by atoms with Crippen LogP contribution >= 0.6 is 0 Å². The Morgan fingerprint density at radius 2 is 2.05 bits per heavy atom. The molecule has 100 valence electrons. The Morgan fingerprint density at radius 3 is 2.63 bits per heavy atom. The first kappa shape index (κ1) is 13.3. The fraction of sp³-hybridized carbons (Fsp3) is 0.333. The van der Waals surface area contributed by atoms with Gasteiger partial charge in [0.25, 0.3) is 0 Å². The number of carbonyl (C=O) groups excluding carboxylic acids is 2. The van der Waals surface area contributed by atoms with Crippen molar-refractivity contribution in [3.63, 3.8) is 0 Å². The summed E-state index contributed by atoms with van der Waals surface area (Å²) < 4.78 is 9.96. The van der Waals surface area contributed by atoms with E-state index >= 15 is 0 Å². The number of ketones is 1. The van der Waals surface area contributed by atoms with Crippen LogP contribution in [0.25, 0.3) is 0 Å². The number of allylic oxidation sites excluding steroid dienone is 1. The van der Waals surface area contributed by atoms with Gasteiger partial charge in [0.2, 0.25) is 0 Å². The van der Waals surface area contributed by atoms with Gasteiger partial charge in [0.05, 0.1) is 14.2 Å². The lowest BCUT2D eigenvalue weighted by Gasteiger charge is -2.33. The zero-order valence-corrected chi connectivity index (χ0v) is 11.3. The molecule has 0 amide bonds. The van der Waals surface area contributed by atoms with Gasteiger partial charge in [-0.2, -0.15) is 0 Å². The lowest BCUT2D eigenvalue weighted by Crippen LogP contribution is -2.46. The highest BCUT2D eigenvalue weighted by molar-refractivity contribution is 6.18. The van der Waals surface area contributed by atoms with Crippen molar-refractivity contribution in [3.8, 4) is 5.75 Å². The van der Waals surface area contributed by atoms with Crippen LogP contribution in [0.15, 0.2) is 30.4 Å². The molecule has 4 heteroatoms. The summed E-state index contributed by atoms with van der Waals surface area (Å²) in [4.78, 5) is 24.4. The summed E-state index contributed by atoms with van der Waals surface area (Å²) in [7, 11) is 2.85. The fourth-order valence-corrected chi connectivity index (χ4v) is 2.52. The summed E-state index contributed by atoms with van der Waals surface area (Å²) in [5.74, 6) is -0.158. The number of ether oxygens (including phenoxy) is 2. The molecule has 1 aliphatic rings. The molecule has 0 saturated carbocycles. The predicted molar refractivity (Wildman–Crippen MR) is 70.2 cm³/mol. The third kappa shape index (κ3) is 1.84. The molecule has 1 aliphatic carbocycles. The molecule has 1 aromatic rings. The Hall–Kier alpha value is -2.10. The predicted octanol–water partition coefficient (Wildman–Crippen LogP) is 1.81. The molecular formula is C15H16O4. The minimum atomic E-state index is -1.31. The molecule has 0 N–H and O–H groups in total. The maximum absolute atomic E-state index is 12.3. The van der Waals surface area contributed by atoms with Crippen molar-refractivity contribution < 1.29 is 19.1 Å². The van der Waals surface area contributed by atoms with Crippen LogP contribution in [0.4, 0.5) is 0 Å². The Balaban J connectivity index is 2.66. The van der Waals surface area contributed by atoms with Gasteiger partial charge >= 0.3 is 5.97 Å². The van der Waals surface area contributed by atoms with Crippen molar-refractivity contribution in [3.05, 3.63) is 41.5 Å². The molecular weight excluding hydrogens is 244 g/mol. The first-order valence-electron chi connectivity index (χ1n) is 5.93. The summed E-state index contributed by atoms with van der Waals surface area (Å²) in [5.41, 5.74) is 0.633. The van der Waals surface area contributed by atoms with Crippen molar-refractivity contribution in [2.75, 3.05) is 14.2 Å². The highest BCUT2D eigenvalue weighted by Gasteiger charge is 2.48. The Labute approximate surface area is 112 Å². The molecule has 0 aliphatic heterocycles. The monoisotopic (exact) mass is 260 g/mol. The average molecular weight is 260 g/mol. The largest absolute Gasteiger partial charge is 0.497 e. The van der Waals surface area contributed by atoms with E-state index in [-0.39, 0.29) is 5.78 Å². The lowest BCUT2D eigenvalue weighted by atomic mass is 9.68. The van der Waals surface area contributed by atoms with Gasteiger partial charge in [-0.3, -0.25) is 9.59 Å². The lowest BCUT2D eigenvalue weighted by molar-refractivity contribution is -0.150. The number of hydrogen-bond acceptors (Lipinski definition) is 4. The van der Waals surface area contributed by atoms with Gasteiger partial charge in [-0.05, 0) is 35.8 Å². The van der Waals surface area contributed by atoms with Crippen LogP contribution in [0.2, 0.25) is 0 Å². The Bertz CT molecular complexity index is 574. The second-order valence-electron chi connectivity index (χ2n) is 4.75. The molecule has 1 atom stereocenters. The van der Waals surface area contributed by atoms with Gasteiger partial charge in [0.15, 0.2) is 11.2 Å². The van der Waals surface area contributed by atoms with E-state index in [4.69, 9.17) is 9.47 Å². The second-order valence-corrected chi connectivity index (χ2v) is 4.75. The fourth-order valence-electron chi connectivity index (χ4n) is 2.52. The van der Waals surface area contributed by atoms with Gasteiger partial charge in [-0.25, -0.2) is 0 Å². The van der Waals surface area contributed by atoms with Crippen LogP contribution < -0.4 is 4.74 Å². The molecule has 2 rings (SSSR count). The summed E-state index contributed by atoms with van der Waals surface area (Å²) in [6.07, 6.45) is 0.429. The zero-order valence-electron chi connectivity index (χ0n) is 11.3. The molecule has 0 bridgehead atoms. The maximum atomic E-state index is 12.3. The van der Waals surface area contributed by atoms with Gasteiger partial charge in [-0.1, -0.05) is 12.6 Å². The van der Waals surface area contributed by atoms with Gasteiger partial charge in [0, 0.05) is 6.42 Å².